The summed E-state index contributed by atoms with van der Waals surface area (Å²) >= 11 is 0. The second-order valence-electron chi connectivity index (χ2n) is 2.66. The zero-order chi connectivity index (χ0) is 10.4. The molecule has 0 amide bonds. The molecule has 0 fully saturated rings. The Morgan fingerprint density at radius 1 is 1.43 bits per heavy atom. The van der Waals surface area contributed by atoms with Gasteiger partial charge < -0.3 is 4.74 Å². The van der Waals surface area contributed by atoms with E-state index in [1.165, 1.54) is 0 Å². The first-order valence-electron chi connectivity index (χ1n) is 4.19. The average Bonchev–Trinajstić information content (AvgIpc) is 2.26. The Balaban J connectivity index is 3.02. The summed E-state index contributed by atoms with van der Waals surface area (Å²) in [5.41, 5.74) is 1.47. The van der Waals surface area contributed by atoms with E-state index in [0.717, 1.165) is 11.3 Å². The summed E-state index contributed by atoms with van der Waals surface area (Å²) in [6.45, 7) is 3.56. The van der Waals surface area contributed by atoms with Gasteiger partial charge >= 0.3 is 0 Å². The molecule has 1 aromatic rings. The van der Waals surface area contributed by atoms with Crippen molar-refractivity contribution in [2.24, 2.45) is 0 Å². The first-order valence-corrected chi connectivity index (χ1v) is 4.19. The number of nitriles is 1. The molecule has 2 nitrogen and oxygen atoms in total. The molecule has 0 aromatic heterocycles. The summed E-state index contributed by atoms with van der Waals surface area (Å²) in [6, 6.07) is 9.44. The van der Waals surface area contributed by atoms with Crippen LogP contribution in [0.3, 0.4) is 0 Å². The van der Waals surface area contributed by atoms with Crippen LogP contribution in [0, 0.1) is 11.3 Å². The predicted molar refractivity (Wildman–Crippen MR) is 56.8 cm³/mol. The van der Waals surface area contributed by atoms with Gasteiger partial charge in [0.1, 0.15) is 5.75 Å². The van der Waals surface area contributed by atoms with Gasteiger partial charge in [0.15, 0.2) is 0 Å². The summed E-state index contributed by atoms with van der Waals surface area (Å²) in [5.74, 6) is 0.782. The maximum absolute atomic E-state index is 8.84. The number of methoxy groups -OCH3 is 1. The molecule has 0 N–H and O–H groups in total. The van der Waals surface area contributed by atoms with E-state index in [4.69, 9.17) is 10.00 Å². The first kappa shape index (κ1) is 10.1. The molecule has 0 radical (unpaired) electrons. The fourth-order valence-electron chi connectivity index (χ4n) is 1.09. The van der Waals surface area contributed by atoms with Crippen LogP contribution in [-0.4, -0.2) is 7.11 Å². The van der Waals surface area contributed by atoms with Gasteiger partial charge in [-0.25, -0.2) is 0 Å². The third kappa shape index (κ3) is 2.24. The Morgan fingerprint density at radius 2 is 2.07 bits per heavy atom. The molecule has 0 atom stereocenters. The van der Waals surface area contributed by atoms with Crippen LogP contribution in [-0.2, 0) is 0 Å². The minimum atomic E-state index is 0.600. The monoisotopic (exact) mass is 185 g/mol. The first-order chi connectivity index (χ1) is 6.81. The molecule has 2 heteroatoms. The van der Waals surface area contributed by atoms with Crippen molar-refractivity contribution >= 4 is 5.57 Å². The Labute approximate surface area is 83.7 Å². The van der Waals surface area contributed by atoms with Crippen LogP contribution in [0.5, 0.6) is 5.75 Å². The third-order valence-corrected chi connectivity index (χ3v) is 1.81. The van der Waals surface area contributed by atoms with Crippen molar-refractivity contribution in [3.63, 3.8) is 0 Å². The SMILES string of the molecule is C=C/C=C(/C#N)c1ccc(OC)cc1. The molecule has 0 aliphatic heterocycles. The van der Waals surface area contributed by atoms with Crippen LogP contribution in [0.2, 0.25) is 0 Å². The van der Waals surface area contributed by atoms with Crippen molar-refractivity contribution in [3.8, 4) is 11.8 Å². The van der Waals surface area contributed by atoms with E-state index < -0.39 is 0 Å². The summed E-state index contributed by atoms with van der Waals surface area (Å²) in [5, 5.41) is 8.84. The van der Waals surface area contributed by atoms with Crippen LogP contribution < -0.4 is 4.74 Å². The molecule has 0 aliphatic carbocycles. The van der Waals surface area contributed by atoms with Crippen LogP contribution in [0.4, 0.5) is 0 Å². The number of hydrogen-bond donors (Lipinski definition) is 0. The minimum absolute atomic E-state index is 0.600. The molecule has 0 unspecified atom stereocenters. The standard InChI is InChI=1S/C12H11NO/c1-3-4-11(9-13)10-5-7-12(14-2)8-6-10/h3-8H,1H2,2H3/b11-4-. The van der Waals surface area contributed by atoms with E-state index in [-0.39, 0.29) is 0 Å². The topological polar surface area (TPSA) is 33.0 Å². The molecular weight excluding hydrogens is 174 g/mol. The number of rotatable bonds is 3. The molecule has 14 heavy (non-hydrogen) atoms. The summed E-state index contributed by atoms with van der Waals surface area (Å²) in [7, 11) is 1.61. The Morgan fingerprint density at radius 3 is 2.50 bits per heavy atom. The van der Waals surface area contributed by atoms with Gasteiger partial charge in [-0.1, -0.05) is 12.7 Å². The predicted octanol–water partition coefficient (Wildman–Crippen LogP) is 2.79. The summed E-state index contributed by atoms with van der Waals surface area (Å²) in [4.78, 5) is 0. The number of benzene rings is 1. The van der Waals surface area contributed by atoms with Crippen LogP contribution >= 0.6 is 0 Å². The highest BCUT2D eigenvalue weighted by Crippen LogP contribution is 2.17. The van der Waals surface area contributed by atoms with Gasteiger partial charge in [0.05, 0.1) is 18.8 Å². The zero-order valence-corrected chi connectivity index (χ0v) is 8.03. The summed E-state index contributed by atoms with van der Waals surface area (Å²) < 4.78 is 5.02. The molecule has 70 valence electrons. The number of hydrogen-bond acceptors (Lipinski definition) is 2. The van der Waals surface area contributed by atoms with Crippen molar-refractivity contribution in [3.05, 3.63) is 48.6 Å². The molecule has 0 saturated carbocycles. The number of allylic oxidation sites excluding steroid dienone is 3. The lowest BCUT2D eigenvalue weighted by atomic mass is 10.1. The van der Waals surface area contributed by atoms with Gasteiger partial charge in [0.25, 0.3) is 0 Å². The molecule has 0 bridgehead atoms. The van der Waals surface area contributed by atoms with E-state index in [2.05, 4.69) is 12.6 Å². The largest absolute Gasteiger partial charge is 0.497 e. The van der Waals surface area contributed by atoms with Crippen molar-refractivity contribution in [1.29, 1.82) is 5.26 Å². The van der Waals surface area contributed by atoms with E-state index in [1.807, 2.05) is 24.3 Å². The van der Waals surface area contributed by atoms with E-state index in [0.29, 0.717) is 5.57 Å². The smallest absolute Gasteiger partial charge is 0.118 e. The Hall–Kier alpha value is -2.01. The lowest BCUT2D eigenvalue weighted by molar-refractivity contribution is 0.415. The maximum Gasteiger partial charge on any atom is 0.118 e. The highest BCUT2D eigenvalue weighted by atomic mass is 16.5. The average molecular weight is 185 g/mol. The second kappa shape index (κ2) is 4.88. The molecule has 0 spiro atoms. The van der Waals surface area contributed by atoms with Gasteiger partial charge in [-0.2, -0.15) is 5.26 Å². The quantitative estimate of drug-likeness (QED) is 0.536. The number of ether oxygens (including phenoxy) is 1. The van der Waals surface area contributed by atoms with Gasteiger partial charge in [-0.3, -0.25) is 0 Å². The summed E-state index contributed by atoms with van der Waals surface area (Å²) in [6.07, 6.45) is 3.28. The molecule has 0 saturated heterocycles. The van der Waals surface area contributed by atoms with Crippen LogP contribution in [0.1, 0.15) is 5.56 Å². The Bertz CT molecular complexity index is 382. The van der Waals surface area contributed by atoms with Crippen molar-refractivity contribution in [1.82, 2.24) is 0 Å². The van der Waals surface area contributed by atoms with Crippen molar-refractivity contribution in [2.75, 3.05) is 7.11 Å². The highest BCUT2D eigenvalue weighted by molar-refractivity contribution is 5.77. The van der Waals surface area contributed by atoms with Crippen molar-refractivity contribution < 1.29 is 4.74 Å². The third-order valence-electron chi connectivity index (χ3n) is 1.81. The molecule has 1 rings (SSSR count). The van der Waals surface area contributed by atoms with Crippen LogP contribution in [0.25, 0.3) is 5.57 Å². The van der Waals surface area contributed by atoms with Gasteiger partial charge in [-0.15, -0.1) is 0 Å². The van der Waals surface area contributed by atoms with Crippen molar-refractivity contribution in [2.45, 2.75) is 0 Å². The lowest BCUT2D eigenvalue weighted by Crippen LogP contribution is -1.84. The van der Waals surface area contributed by atoms with Crippen LogP contribution in [0.15, 0.2) is 43.0 Å². The molecular formula is C12H11NO. The number of nitrogens with zero attached hydrogens (tertiary/aromatic N) is 1. The second-order valence-corrected chi connectivity index (χ2v) is 2.66. The van der Waals surface area contributed by atoms with E-state index >= 15 is 0 Å². The molecule has 1 aromatic carbocycles. The normalized spacial score (nSPS) is 10.4. The maximum atomic E-state index is 8.84. The van der Waals surface area contributed by atoms with Gasteiger partial charge in [0, 0.05) is 0 Å². The van der Waals surface area contributed by atoms with Gasteiger partial charge in [0.2, 0.25) is 0 Å². The lowest BCUT2D eigenvalue weighted by Gasteiger charge is -2.01. The molecule has 0 heterocycles. The zero-order valence-electron chi connectivity index (χ0n) is 8.03. The Kier molecular flexibility index (Phi) is 3.51. The fraction of sp³-hybridized carbons (Fsp3) is 0.0833. The highest BCUT2D eigenvalue weighted by Gasteiger charge is 1.98. The molecule has 0 aliphatic rings. The van der Waals surface area contributed by atoms with E-state index in [9.17, 15) is 0 Å². The van der Waals surface area contributed by atoms with Gasteiger partial charge in [-0.05, 0) is 35.9 Å². The van der Waals surface area contributed by atoms with E-state index in [1.54, 1.807) is 19.3 Å². The minimum Gasteiger partial charge on any atom is -0.497 e. The fourth-order valence-corrected chi connectivity index (χ4v) is 1.09.